The number of H-pyrrole nitrogens is 2. The van der Waals surface area contributed by atoms with Crippen LogP contribution in [-0.4, -0.2) is 261 Å². The van der Waals surface area contributed by atoms with E-state index in [4.69, 9.17) is 44.5 Å². The maximum Gasteiger partial charge on any atom is 0.305 e. The molecule has 0 aliphatic carbocycles. The number of aliphatic carboxylic acids is 2. The number of ether oxygens (including phenoxy) is 1. The number of phenols is 1. The summed E-state index contributed by atoms with van der Waals surface area (Å²) in [5.41, 5.74) is 35.1. The Morgan fingerprint density at radius 3 is 1.65 bits per heavy atom. The second kappa shape index (κ2) is 51.1. The fourth-order valence-electron chi connectivity index (χ4n) is 12.9. The number of para-hydroxylation sites is 2. The molecule has 5 aromatic rings. The van der Waals surface area contributed by atoms with E-state index in [-0.39, 0.29) is 56.0 Å². The minimum absolute atomic E-state index is 0.0990. The first-order valence-electron chi connectivity index (χ1n) is 39.7. The highest BCUT2D eigenvalue weighted by Crippen LogP contribution is 2.23. The lowest BCUT2D eigenvalue weighted by Crippen LogP contribution is -2.61. The number of unbranched alkanes of at least 4 members (excludes halogenated alkanes) is 1. The van der Waals surface area contributed by atoms with Gasteiger partial charge in [-0.2, -0.15) is 11.8 Å². The van der Waals surface area contributed by atoms with E-state index in [1.54, 1.807) is 48.5 Å². The molecule has 125 heavy (non-hydrogen) atoms. The number of primary amides is 4. The third-order valence-corrected chi connectivity index (χ3v) is 20.3. The predicted molar refractivity (Wildman–Crippen MR) is 447 cm³/mol. The van der Waals surface area contributed by atoms with Gasteiger partial charge in [0.05, 0.1) is 31.7 Å². The molecule has 0 unspecified atom stereocenters. The van der Waals surface area contributed by atoms with Gasteiger partial charge in [0.15, 0.2) is 5.96 Å². The number of carbonyl (C=O) groups is 19. The molecule has 0 saturated carbocycles. The molecule has 1 aliphatic rings. The molecular weight excluding hydrogens is 1660 g/mol. The molecule has 678 valence electrons. The molecule has 47 heteroatoms. The minimum atomic E-state index is -1.96. The fraction of sp³-hybridized carbons (Fsp3) is 0.462. The number of hydrogen-bond donors (Lipinski definition) is 26. The summed E-state index contributed by atoms with van der Waals surface area (Å²) in [5, 5.41) is 73.4. The number of hydrogen-bond acceptors (Lipinski definition) is 24. The number of aromatic amines is 2. The van der Waals surface area contributed by atoms with E-state index < -0.39 is 281 Å². The van der Waals surface area contributed by atoms with Crippen molar-refractivity contribution in [2.24, 2.45) is 34.4 Å². The third kappa shape index (κ3) is 35.2. The first-order valence-corrected chi connectivity index (χ1v) is 40.9. The van der Waals surface area contributed by atoms with Gasteiger partial charge in [-0.1, -0.05) is 48.5 Å². The van der Waals surface area contributed by atoms with E-state index >= 15 is 14.4 Å². The van der Waals surface area contributed by atoms with Gasteiger partial charge in [0.2, 0.25) is 100 Å². The number of guanidine groups is 1. The lowest BCUT2D eigenvalue weighted by Gasteiger charge is -2.28. The van der Waals surface area contributed by atoms with Crippen LogP contribution in [0.1, 0.15) is 107 Å². The van der Waals surface area contributed by atoms with Crippen LogP contribution in [0.2, 0.25) is 0 Å². The number of aromatic nitrogens is 2. The number of fused-ring (bicyclic) bond motifs is 2. The first-order chi connectivity index (χ1) is 59.5. The molecule has 0 bridgehead atoms. The summed E-state index contributed by atoms with van der Waals surface area (Å²) in [6.45, 7) is -1.52. The molecule has 1 aliphatic heterocycles. The van der Waals surface area contributed by atoms with Crippen molar-refractivity contribution < 1.29 is 111 Å². The van der Waals surface area contributed by atoms with Gasteiger partial charge in [-0.05, 0) is 111 Å². The average Bonchev–Trinajstić information content (AvgIpc) is 1.71. The van der Waals surface area contributed by atoms with Gasteiger partial charge >= 0.3 is 11.9 Å². The van der Waals surface area contributed by atoms with Gasteiger partial charge < -0.3 is 139 Å². The van der Waals surface area contributed by atoms with Gasteiger partial charge in [-0.15, -0.1) is 0 Å². The van der Waals surface area contributed by atoms with E-state index in [2.05, 4.69) is 84.4 Å². The number of phenolic OH excluding ortho intramolecular Hbond substituents is 1. The molecule has 3 heterocycles. The van der Waals surface area contributed by atoms with Crippen LogP contribution in [0, 0.1) is 5.41 Å². The zero-order valence-electron chi connectivity index (χ0n) is 68.0. The van der Waals surface area contributed by atoms with Crippen LogP contribution in [0.25, 0.3) is 21.8 Å². The van der Waals surface area contributed by atoms with Crippen molar-refractivity contribution in [3.8, 4) is 5.75 Å². The monoisotopic (exact) mass is 1770 g/mol. The van der Waals surface area contributed by atoms with E-state index in [0.29, 0.717) is 52.3 Å². The fourth-order valence-corrected chi connectivity index (χ4v) is 13.7. The van der Waals surface area contributed by atoms with E-state index in [1.807, 2.05) is 0 Å². The largest absolute Gasteiger partial charge is 0.508 e. The first kappa shape index (κ1) is 99.8. The Balaban J connectivity index is 1.32. The van der Waals surface area contributed by atoms with Crippen molar-refractivity contribution in [1.82, 2.24) is 84.4 Å². The SMILES string of the molecule is N=C(N)NCCC[C@H](NC(=O)[C@H](Cc1c[nH]c2ccccc12)NC(=O)[C@H](Cc1ccc(O)cc1)NC(=O)[C@@H]1CCSCC(=O)N[C@@H](CCC(N)=O)C(=O)N[C@@H](CC(=O)O)C(=O)N[C@@H](Cc2c[nH]c3ccccc23)C(=O)N[C@@H](CCC(N)=O)C(=O)N1)C(=O)N[C@@H](CCC(=O)O)C(=O)N[C@@H](CC(N)=O)C(=O)NCC(=O)NCCOCC(=O)N[C@H](CCCCN)C(N)=O. The second-order valence-electron chi connectivity index (χ2n) is 29.1. The number of carbonyl (C=O) groups excluding carboxylic acids is 17. The highest BCUT2D eigenvalue weighted by Gasteiger charge is 2.39. The summed E-state index contributed by atoms with van der Waals surface area (Å²) in [6, 6.07) is -0.354. The maximum atomic E-state index is 15.5. The summed E-state index contributed by atoms with van der Waals surface area (Å²) < 4.78 is 5.26. The molecular formula is C78H107N23O23S. The highest BCUT2D eigenvalue weighted by molar-refractivity contribution is 7.99. The molecule has 3 aromatic carbocycles. The lowest BCUT2D eigenvalue weighted by atomic mass is 10.0. The summed E-state index contributed by atoms with van der Waals surface area (Å²) in [6.07, 6.45) is -3.54. The number of nitrogens with two attached hydrogens (primary N) is 6. The molecule has 1 fully saturated rings. The van der Waals surface area contributed by atoms with Crippen LogP contribution >= 0.6 is 11.8 Å². The van der Waals surface area contributed by atoms with Gasteiger partial charge in [0, 0.05) is 85.8 Å². The Morgan fingerprint density at radius 2 is 1.05 bits per heavy atom. The molecule has 2 aromatic heterocycles. The quantitative estimate of drug-likeness (QED) is 0.00977. The Hall–Kier alpha value is -14.0. The average molecular weight is 1770 g/mol. The van der Waals surface area contributed by atoms with Crippen LogP contribution in [0.5, 0.6) is 5.75 Å². The number of thioether (sulfide) groups is 1. The summed E-state index contributed by atoms with van der Waals surface area (Å²) in [5.74, 6) is -22.6. The van der Waals surface area contributed by atoms with Crippen LogP contribution < -0.4 is 109 Å². The van der Waals surface area contributed by atoms with Crippen molar-refractivity contribution in [3.05, 3.63) is 102 Å². The molecule has 32 N–H and O–H groups in total. The van der Waals surface area contributed by atoms with Gasteiger partial charge in [0.25, 0.3) is 0 Å². The molecule has 46 nitrogen and oxygen atoms in total. The number of aromatic hydroxyl groups is 1. The van der Waals surface area contributed by atoms with E-state index in [9.17, 15) is 92.0 Å². The van der Waals surface area contributed by atoms with E-state index in [0.717, 1.165) is 11.8 Å². The van der Waals surface area contributed by atoms with Gasteiger partial charge in [-0.25, -0.2) is 0 Å². The molecule has 11 atom stereocenters. The van der Waals surface area contributed by atoms with Crippen LogP contribution in [-0.2, 0) is 115 Å². The molecule has 0 radical (unpaired) electrons. The second-order valence-corrected chi connectivity index (χ2v) is 30.2. The molecule has 17 amide bonds. The van der Waals surface area contributed by atoms with Crippen molar-refractivity contribution in [1.29, 1.82) is 5.41 Å². The Kier molecular flexibility index (Phi) is 40.8. The number of rotatable bonds is 47. The van der Waals surface area contributed by atoms with E-state index in [1.165, 1.54) is 36.7 Å². The summed E-state index contributed by atoms with van der Waals surface area (Å²) in [7, 11) is 0. The Bertz CT molecular complexity index is 4700. The van der Waals surface area contributed by atoms with Crippen molar-refractivity contribution in [3.63, 3.8) is 0 Å². The van der Waals surface area contributed by atoms with Crippen molar-refractivity contribution >= 4 is 152 Å². The minimum Gasteiger partial charge on any atom is -0.508 e. The molecule has 1 saturated heterocycles. The normalized spacial score (nSPS) is 17.4. The third-order valence-electron chi connectivity index (χ3n) is 19.3. The standard InChI is InChI=1S/C78H107N23O23S/c79-25-6-5-12-48(67(83)113)91-63(107)38-124-28-27-86-62(106)37-90-68(114)57(33-61(82)105)100-72(118)52(20-23-65(109)110)94-69(115)49(13-7-26-87-78(84)85)93-75(121)55(31-41-35-88-46-10-3-1-8-44(41)46)98-74(120)54(30-40-14-16-43(102)17-15-40)97-73(119)53-24-29-125-39-64(108)92-50(18-21-59(80)103)70(116)101-58(34-66(111)112)77(123)99-56(32-42-36-89-47-11-4-2-9-45(42)47)76(122)95-51(71(117)96-53)19-22-60(81)104/h1-4,8-11,14-17,35-36,48-58,88-89,102H,5-7,12-13,18-34,37-39,79H2,(H2,80,103)(H2,81,104)(H2,82,105)(H2,83,113)(H,86,106)(H,90,114)(H,91,107)(H,92,108)(H,93,121)(H,94,115)(H,95,122)(H,96,117)(H,97,119)(H,98,120)(H,99,123)(H,100,118)(H,101,116)(H,109,110)(H,111,112)(H4,84,85,87)/t48-,49+,50+,51+,52+,53+,54+,55+,56+,57+,58+/m1/s1. The number of amides is 17. The summed E-state index contributed by atoms with van der Waals surface area (Å²) >= 11 is 0.821. The molecule has 6 rings (SSSR count). The number of carboxylic acids is 2. The van der Waals surface area contributed by atoms with Crippen molar-refractivity contribution in [2.45, 2.75) is 176 Å². The van der Waals surface area contributed by atoms with Crippen LogP contribution in [0.15, 0.2) is 85.2 Å². The smallest absolute Gasteiger partial charge is 0.305 e. The maximum absolute atomic E-state index is 15.5. The van der Waals surface area contributed by atoms with Gasteiger partial charge in [0.1, 0.15) is 78.8 Å². The lowest BCUT2D eigenvalue weighted by molar-refractivity contribution is -0.141. The molecule has 0 spiro atoms. The Morgan fingerprint density at radius 1 is 0.512 bits per heavy atom. The Labute approximate surface area is 718 Å². The number of nitrogens with one attached hydrogen (secondary N) is 17. The highest BCUT2D eigenvalue weighted by atomic mass is 32.2. The topological polar surface area (TPSA) is 774 Å². The zero-order chi connectivity index (χ0) is 91.8. The van der Waals surface area contributed by atoms with Crippen LogP contribution in [0.3, 0.4) is 0 Å². The van der Waals surface area contributed by atoms with Crippen molar-refractivity contribution in [2.75, 3.05) is 50.9 Å². The predicted octanol–water partition coefficient (Wildman–Crippen LogP) is -7.28. The summed E-state index contributed by atoms with van der Waals surface area (Å²) in [4.78, 5) is 266. The van der Waals surface area contributed by atoms with Gasteiger partial charge in [-0.3, -0.25) is 96.5 Å². The van der Waals surface area contributed by atoms with Crippen LogP contribution in [0.4, 0.5) is 0 Å². The zero-order valence-corrected chi connectivity index (χ0v) is 68.8. The number of carboxylic acid groups (broad SMARTS) is 2. The number of benzene rings is 3.